The van der Waals surface area contributed by atoms with Crippen molar-refractivity contribution in [3.8, 4) is 5.88 Å². The molecular weight excluding hydrogens is 248 g/mol. The van der Waals surface area contributed by atoms with E-state index in [2.05, 4.69) is 35.4 Å². The van der Waals surface area contributed by atoms with Crippen molar-refractivity contribution >= 4 is 5.69 Å². The lowest BCUT2D eigenvalue weighted by atomic mass is 9.87. The number of rotatable bonds is 5. The fourth-order valence-electron chi connectivity index (χ4n) is 3.57. The van der Waals surface area contributed by atoms with Crippen LogP contribution in [0.25, 0.3) is 0 Å². The minimum absolute atomic E-state index is 0.145. The summed E-state index contributed by atoms with van der Waals surface area (Å²) in [4.78, 5) is 4.35. The van der Waals surface area contributed by atoms with Gasteiger partial charge in [0.1, 0.15) is 0 Å². The second kappa shape index (κ2) is 5.47. The van der Waals surface area contributed by atoms with Gasteiger partial charge in [-0.3, -0.25) is 0 Å². The first kappa shape index (κ1) is 13.5. The highest BCUT2D eigenvalue weighted by Crippen LogP contribution is 2.45. The summed E-state index contributed by atoms with van der Waals surface area (Å²) in [5.74, 6) is 3.02. The number of nitrogens with zero attached hydrogens (tertiary/aromatic N) is 1. The molecule has 0 saturated heterocycles. The number of aromatic nitrogens is 1. The molecule has 0 spiro atoms. The van der Waals surface area contributed by atoms with Gasteiger partial charge in [-0.2, -0.15) is 0 Å². The van der Waals surface area contributed by atoms with E-state index in [9.17, 15) is 0 Å². The van der Waals surface area contributed by atoms with E-state index in [1.54, 1.807) is 6.20 Å². The van der Waals surface area contributed by atoms with Gasteiger partial charge in [0.05, 0.1) is 11.8 Å². The number of nitrogens with one attached hydrogen (secondary N) is 1. The molecule has 2 aliphatic rings. The van der Waals surface area contributed by atoms with Crippen LogP contribution in [0.2, 0.25) is 0 Å². The monoisotopic (exact) mass is 272 g/mol. The zero-order valence-corrected chi connectivity index (χ0v) is 12.5. The van der Waals surface area contributed by atoms with Gasteiger partial charge in [0.25, 0.3) is 0 Å². The molecule has 1 aromatic heterocycles. The average Bonchev–Trinajstić information content (AvgIpc) is 3.02. The number of allylic oxidation sites excluding steroid dienone is 2. The first-order valence-electron chi connectivity index (χ1n) is 7.70. The third-order valence-corrected chi connectivity index (χ3v) is 4.47. The molecule has 1 fully saturated rings. The Balaban J connectivity index is 1.69. The Morgan fingerprint density at radius 1 is 1.25 bits per heavy atom. The lowest BCUT2D eigenvalue weighted by Crippen LogP contribution is -2.29. The van der Waals surface area contributed by atoms with E-state index < -0.39 is 0 Å². The van der Waals surface area contributed by atoms with Crippen LogP contribution in [-0.2, 0) is 0 Å². The van der Waals surface area contributed by atoms with Crippen molar-refractivity contribution in [3.63, 3.8) is 0 Å². The molecule has 108 valence electrons. The summed E-state index contributed by atoms with van der Waals surface area (Å²) in [5, 5.41) is 3.62. The highest BCUT2D eigenvalue weighted by molar-refractivity contribution is 5.53. The number of hydrogen-bond donors (Lipinski definition) is 1. The van der Waals surface area contributed by atoms with Gasteiger partial charge in [-0.25, -0.2) is 4.98 Å². The van der Waals surface area contributed by atoms with E-state index in [4.69, 9.17) is 4.74 Å². The Labute approximate surface area is 121 Å². The SMILES string of the molecule is CC(C)Oc1ncccc1NC(C)C1CC2C=CC1C2. The topological polar surface area (TPSA) is 34.1 Å². The third-order valence-electron chi connectivity index (χ3n) is 4.47. The maximum Gasteiger partial charge on any atom is 0.237 e. The molecule has 2 aliphatic carbocycles. The summed E-state index contributed by atoms with van der Waals surface area (Å²) in [6, 6.07) is 4.47. The van der Waals surface area contributed by atoms with Gasteiger partial charge in [-0.1, -0.05) is 12.2 Å². The van der Waals surface area contributed by atoms with Gasteiger partial charge in [0, 0.05) is 12.2 Å². The quantitative estimate of drug-likeness (QED) is 0.826. The minimum atomic E-state index is 0.145. The Kier molecular flexibility index (Phi) is 3.68. The van der Waals surface area contributed by atoms with Crippen LogP contribution >= 0.6 is 0 Å². The molecule has 0 aromatic carbocycles. The van der Waals surface area contributed by atoms with E-state index >= 15 is 0 Å². The van der Waals surface area contributed by atoms with Gasteiger partial charge >= 0.3 is 0 Å². The van der Waals surface area contributed by atoms with E-state index in [1.807, 2.05) is 19.9 Å². The van der Waals surface area contributed by atoms with Crippen LogP contribution in [0.15, 0.2) is 30.5 Å². The molecule has 0 amide bonds. The first-order chi connectivity index (χ1) is 9.63. The van der Waals surface area contributed by atoms with Gasteiger partial charge in [0.15, 0.2) is 0 Å². The number of fused-ring (bicyclic) bond motifs is 2. The predicted molar refractivity (Wildman–Crippen MR) is 81.9 cm³/mol. The molecule has 3 nitrogen and oxygen atoms in total. The molecule has 1 heterocycles. The molecule has 4 atom stereocenters. The summed E-state index contributed by atoms with van der Waals surface area (Å²) < 4.78 is 5.78. The molecule has 1 saturated carbocycles. The molecule has 1 aromatic rings. The lowest BCUT2D eigenvalue weighted by Gasteiger charge is -2.27. The van der Waals surface area contributed by atoms with Crippen LogP contribution in [0.5, 0.6) is 5.88 Å². The van der Waals surface area contributed by atoms with Crippen molar-refractivity contribution in [3.05, 3.63) is 30.5 Å². The van der Waals surface area contributed by atoms with Crippen molar-refractivity contribution in [1.82, 2.24) is 4.98 Å². The van der Waals surface area contributed by atoms with Gasteiger partial charge in [-0.15, -0.1) is 0 Å². The van der Waals surface area contributed by atoms with Crippen LogP contribution in [0.3, 0.4) is 0 Å². The van der Waals surface area contributed by atoms with Crippen molar-refractivity contribution < 1.29 is 4.74 Å². The van der Waals surface area contributed by atoms with Crippen molar-refractivity contribution in [1.29, 1.82) is 0 Å². The van der Waals surface area contributed by atoms with Gasteiger partial charge in [0.2, 0.25) is 5.88 Å². The maximum absolute atomic E-state index is 5.78. The van der Waals surface area contributed by atoms with Crippen molar-refractivity contribution in [2.24, 2.45) is 17.8 Å². The summed E-state index contributed by atoms with van der Waals surface area (Å²) in [7, 11) is 0. The molecule has 4 unspecified atom stereocenters. The number of ether oxygens (including phenoxy) is 1. The van der Waals surface area contributed by atoms with E-state index in [1.165, 1.54) is 12.8 Å². The molecular formula is C17H24N2O. The van der Waals surface area contributed by atoms with E-state index in [0.29, 0.717) is 11.9 Å². The van der Waals surface area contributed by atoms with Gasteiger partial charge in [-0.05, 0) is 63.5 Å². The maximum atomic E-state index is 5.78. The minimum Gasteiger partial charge on any atom is -0.473 e. The summed E-state index contributed by atoms with van der Waals surface area (Å²) in [6.07, 6.45) is 9.39. The zero-order chi connectivity index (χ0) is 14.1. The van der Waals surface area contributed by atoms with Crippen LogP contribution in [0.1, 0.15) is 33.6 Å². The molecule has 0 radical (unpaired) electrons. The molecule has 20 heavy (non-hydrogen) atoms. The van der Waals surface area contributed by atoms with Crippen LogP contribution in [0, 0.1) is 17.8 Å². The molecule has 3 rings (SSSR count). The van der Waals surface area contributed by atoms with Gasteiger partial charge < -0.3 is 10.1 Å². The normalized spacial score (nSPS) is 28.9. The molecule has 2 bridgehead atoms. The highest BCUT2D eigenvalue weighted by Gasteiger charge is 2.38. The van der Waals surface area contributed by atoms with E-state index in [-0.39, 0.29) is 6.10 Å². The number of anilines is 1. The smallest absolute Gasteiger partial charge is 0.237 e. The third kappa shape index (κ3) is 2.67. The summed E-state index contributed by atoms with van der Waals surface area (Å²) in [5.41, 5.74) is 1.01. The van der Waals surface area contributed by atoms with E-state index in [0.717, 1.165) is 23.4 Å². The molecule has 0 aliphatic heterocycles. The summed E-state index contributed by atoms with van der Waals surface area (Å²) >= 11 is 0. The number of hydrogen-bond acceptors (Lipinski definition) is 3. The average molecular weight is 272 g/mol. The van der Waals surface area contributed by atoms with Crippen LogP contribution in [0.4, 0.5) is 5.69 Å². The first-order valence-corrected chi connectivity index (χ1v) is 7.70. The Morgan fingerprint density at radius 3 is 2.75 bits per heavy atom. The van der Waals surface area contributed by atoms with Crippen molar-refractivity contribution in [2.45, 2.75) is 45.8 Å². The highest BCUT2D eigenvalue weighted by atomic mass is 16.5. The Morgan fingerprint density at radius 2 is 2.10 bits per heavy atom. The van der Waals surface area contributed by atoms with Crippen LogP contribution < -0.4 is 10.1 Å². The standard InChI is InChI=1S/C17H24N2O/c1-11(2)20-17-16(5-4-8-18-17)19-12(3)15-10-13-6-7-14(15)9-13/h4-8,11-15,19H,9-10H2,1-3H3. The summed E-state index contributed by atoms with van der Waals surface area (Å²) in [6.45, 7) is 6.34. The lowest BCUT2D eigenvalue weighted by molar-refractivity contribution is 0.233. The second-order valence-electron chi connectivity index (χ2n) is 6.40. The molecule has 3 heteroatoms. The fourth-order valence-corrected chi connectivity index (χ4v) is 3.57. The largest absolute Gasteiger partial charge is 0.473 e. The number of pyridine rings is 1. The fraction of sp³-hybridized carbons (Fsp3) is 0.588. The Bertz CT molecular complexity index is 498. The molecule has 1 N–H and O–H groups in total. The predicted octanol–water partition coefficient (Wildman–Crippen LogP) is 3.88. The Hall–Kier alpha value is -1.51. The zero-order valence-electron chi connectivity index (χ0n) is 12.5. The van der Waals surface area contributed by atoms with Crippen molar-refractivity contribution in [2.75, 3.05) is 5.32 Å². The second-order valence-corrected chi connectivity index (χ2v) is 6.40. The van der Waals surface area contributed by atoms with Crippen LogP contribution in [-0.4, -0.2) is 17.1 Å².